The Morgan fingerprint density at radius 3 is 2.56 bits per heavy atom. The third kappa shape index (κ3) is 5.87. The standard InChI is InChI=1S/C19H29N3O2.ClH/c1-24-18-5-3-16(4-6-18)14-22-12-2-11-21(15-19(22)23)13-17-7-9-20-10-8-17;/h3-6,17,20H,2,7-15H2,1H3;1H. The zero-order chi connectivity index (χ0) is 16.8. The summed E-state index contributed by atoms with van der Waals surface area (Å²) in [5, 5.41) is 3.41. The first-order chi connectivity index (χ1) is 11.7. The minimum atomic E-state index is 0. The topological polar surface area (TPSA) is 44.8 Å². The van der Waals surface area contributed by atoms with E-state index in [-0.39, 0.29) is 18.3 Å². The van der Waals surface area contributed by atoms with Crippen LogP contribution >= 0.6 is 12.4 Å². The van der Waals surface area contributed by atoms with Gasteiger partial charge in [-0.3, -0.25) is 9.69 Å². The van der Waals surface area contributed by atoms with Crippen molar-refractivity contribution in [1.29, 1.82) is 0 Å². The van der Waals surface area contributed by atoms with Gasteiger partial charge < -0.3 is 15.0 Å². The number of carbonyl (C=O) groups excluding carboxylic acids is 1. The van der Waals surface area contributed by atoms with Crippen LogP contribution in [0.25, 0.3) is 0 Å². The summed E-state index contributed by atoms with van der Waals surface area (Å²) >= 11 is 0. The fraction of sp³-hybridized carbons (Fsp3) is 0.632. The first-order valence-corrected chi connectivity index (χ1v) is 9.08. The molecule has 2 fully saturated rings. The quantitative estimate of drug-likeness (QED) is 0.866. The molecule has 1 N–H and O–H groups in total. The minimum Gasteiger partial charge on any atom is -0.497 e. The molecule has 3 rings (SSSR count). The Hall–Kier alpha value is -1.30. The van der Waals surface area contributed by atoms with Crippen LogP contribution in [-0.2, 0) is 11.3 Å². The van der Waals surface area contributed by atoms with Crippen LogP contribution in [0.5, 0.6) is 5.75 Å². The molecule has 25 heavy (non-hydrogen) atoms. The van der Waals surface area contributed by atoms with Gasteiger partial charge >= 0.3 is 0 Å². The first kappa shape index (κ1) is 20.0. The second-order valence-electron chi connectivity index (χ2n) is 6.95. The van der Waals surface area contributed by atoms with E-state index in [1.54, 1.807) is 7.11 Å². The van der Waals surface area contributed by atoms with Gasteiger partial charge in [0.05, 0.1) is 13.7 Å². The van der Waals surface area contributed by atoms with E-state index < -0.39 is 0 Å². The average Bonchev–Trinajstić information content (AvgIpc) is 2.78. The van der Waals surface area contributed by atoms with Crippen molar-refractivity contribution >= 4 is 18.3 Å². The van der Waals surface area contributed by atoms with Gasteiger partial charge in [-0.1, -0.05) is 12.1 Å². The molecule has 0 unspecified atom stereocenters. The highest BCUT2D eigenvalue weighted by Gasteiger charge is 2.24. The molecule has 2 aliphatic heterocycles. The molecule has 1 amide bonds. The predicted octanol–water partition coefficient (Wildman–Crippen LogP) is 2.15. The van der Waals surface area contributed by atoms with Crippen molar-refractivity contribution in [2.24, 2.45) is 5.92 Å². The van der Waals surface area contributed by atoms with Crippen molar-refractivity contribution in [1.82, 2.24) is 15.1 Å². The molecule has 0 aromatic heterocycles. The molecule has 2 aliphatic rings. The number of rotatable bonds is 5. The number of nitrogens with zero attached hydrogens (tertiary/aromatic N) is 2. The number of piperidine rings is 1. The van der Waals surface area contributed by atoms with E-state index >= 15 is 0 Å². The van der Waals surface area contributed by atoms with Crippen LogP contribution in [0.3, 0.4) is 0 Å². The molecule has 1 aromatic carbocycles. The maximum absolute atomic E-state index is 12.6. The molecule has 140 valence electrons. The Labute approximate surface area is 157 Å². The van der Waals surface area contributed by atoms with E-state index in [0.29, 0.717) is 13.1 Å². The van der Waals surface area contributed by atoms with Crippen molar-refractivity contribution in [3.8, 4) is 5.75 Å². The van der Waals surface area contributed by atoms with Gasteiger partial charge in [-0.15, -0.1) is 12.4 Å². The maximum Gasteiger partial charge on any atom is 0.237 e. The Kier molecular flexibility index (Phi) is 8.00. The number of ether oxygens (including phenoxy) is 1. The molecular formula is C19H30ClN3O2. The van der Waals surface area contributed by atoms with Crippen LogP contribution < -0.4 is 10.1 Å². The molecule has 0 atom stereocenters. The zero-order valence-electron chi connectivity index (χ0n) is 15.1. The molecule has 6 heteroatoms. The van der Waals surface area contributed by atoms with Gasteiger partial charge in [0.1, 0.15) is 5.75 Å². The molecule has 2 saturated heterocycles. The minimum absolute atomic E-state index is 0. The van der Waals surface area contributed by atoms with Gasteiger partial charge in [0, 0.05) is 26.2 Å². The van der Waals surface area contributed by atoms with Crippen LogP contribution in [0.4, 0.5) is 0 Å². The second-order valence-corrected chi connectivity index (χ2v) is 6.95. The molecule has 0 spiro atoms. The number of methoxy groups -OCH3 is 1. The summed E-state index contributed by atoms with van der Waals surface area (Å²) in [6.07, 6.45) is 3.54. The number of nitrogens with one attached hydrogen (secondary N) is 1. The molecular weight excluding hydrogens is 338 g/mol. The average molecular weight is 368 g/mol. The highest BCUT2D eigenvalue weighted by molar-refractivity contribution is 5.85. The number of hydrogen-bond donors (Lipinski definition) is 1. The fourth-order valence-electron chi connectivity index (χ4n) is 3.68. The Morgan fingerprint density at radius 1 is 1.16 bits per heavy atom. The number of halogens is 1. The molecule has 0 bridgehead atoms. The third-order valence-corrected chi connectivity index (χ3v) is 5.12. The highest BCUT2D eigenvalue weighted by Crippen LogP contribution is 2.17. The maximum atomic E-state index is 12.6. The summed E-state index contributed by atoms with van der Waals surface area (Å²) < 4.78 is 5.19. The van der Waals surface area contributed by atoms with Crippen molar-refractivity contribution in [2.75, 3.05) is 46.4 Å². The van der Waals surface area contributed by atoms with Gasteiger partial charge in [0.25, 0.3) is 0 Å². The van der Waals surface area contributed by atoms with E-state index in [4.69, 9.17) is 4.74 Å². The summed E-state index contributed by atoms with van der Waals surface area (Å²) in [7, 11) is 1.67. The summed E-state index contributed by atoms with van der Waals surface area (Å²) in [6, 6.07) is 8.01. The lowest BCUT2D eigenvalue weighted by atomic mass is 9.97. The van der Waals surface area contributed by atoms with Crippen molar-refractivity contribution in [3.63, 3.8) is 0 Å². The monoisotopic (exact) mass is 367 g/mol. The lowest BCUT2D eigenvalue weighted by Gasteiger charge is -2.28. The summed E-state index contributed by atoms with van der Waals surface area (Å²) in [5.41, 5.74) is 1.16. The number of amides is 1. The molecule has 0 radical (unpaired) electrons. The number of hydrogen-bond acceptors (Lipinski definition) is 4. The van der Waals surface area contributed by atoms with Crippen molar-refractivity contribution in [3.05, 3.63) is 29.8 Å². The van der Waals surface area contributed by atoms with E-state index in [9.17, 15) is 4.79 Å². The zero-order valence-corrected chi connectivity index (χ0v) is 15.9. The van der Waals surface area contributed by atoms with E-state index in [1.807, 2.05) is 29.2 Å². The van der Waals surface area contributed by atoms with Crippen LogP contribution in [0.2, 0.25) is 0 Å². The molecule has 5 nitrogen and oxygen atoms in total. The normalized spacial score (nSPS) is 20.0. The third-order valence-electron chi connectivity index (χ3n) is 5.12. The lowest BCUT2D eigenvalue weighted by Crippen LogP contribution is -2.40. The second kappa shape index (κ2) is 10.00. The SMILES string of the molecule is COc1ccc(CN2CCCN(CC3CCNCC3)CC2=O)cc1.Cl. The van der Waals surface area contributed by atoms with Gasteiger partial charge in [-0.25, -0.2) is 0 Å². The van der Waals surface area contributed by atoms with Gasteiger partial charge in [0.2, 0.25) is 5.91 Å². The Balaban J connectivity index is 0.00000225. The molecule has 0 aliphatic carbocycles. The Bertz CT molecular complexity index is 532. The van der Waals surface area contributed by atoms with Gasteiger partial charge in [0.15, 0.2) is 0 Å². The van der Waals surface area contributed by atoms with Crippen molar-refractivity contribution < 1.29 is 9.53 Å². The smallest absolute Gasteiger partial charge is 0.237 e. The largest absolute Gasteiger partial charge is 0.497 e. The fourth-order valence-corrected chi connectivity index (χ4v) is 3.68. The highest BCUT2D eigenvalue weighted by atomic mass is 35.5. The summed E-state index contributed by atoms with van der Waals surface area (Å²) in [6.45, 7) is 6.47. The molecule has 1 aromatic rings. The molecule has 0 saturated carbocycles. The van der Waals surface area contributed by atoms with E-state index in [2.05, 4.69) is 10.2 Å². The van der Waals surface area contributed by atoms with E-state index in [0.717, 1.165) is 56.4 Å². The number of benzene rings is 1. The first-order valence-electron chi connectivity index (χ1n) is 9.08. The summed E-state index contributed by atoms with van der Waals surface area (Å²) in [5.74, 6) is 1.86. The number of carbonyl (C=O) groups is 1. The van der Waals surface area contributed by atoms with Gasteiger partial charge in [-0.05, 0) is 56.0 Å². The lowest BCUT2D eigenvalue weighted by molar-refractivity contribution is -0.131. The van der Waals surface area contributed by atoms with E-state index in [1.165, 1.54) is 12.8 Å². The van der Waals surface area contributed by atoms with Crippen LogP contribution in [0.1, 0.15) is 24.8 Å². The summed E-state index contributed by atoms with van der Waals surface area (Å²) in [4.78, 5) is 17.0. The van der Waals surface area contributed by atoms with Crippen molar-refractivity contribution in [2.45, 2.75) is 25.8 Å². The predicted molar refractivity (Wildman–Crippen MR) is 102 cm³/mol. The van der Waals surface area contributed by atoms with Gasteiger partial charge in [-0.2, -0.15) is 0 Å². The van der Waals surface area contributed by atoms with Crippen LogP contribution in [0.15, 0.2) is 24.3 Å². The van der Waals surface area contributed by atoms with Crippen LogP contribution in [0, 0.1) is 5.92 Å². The molecule has 2 heterocycles. The van der Waals surface area contributed by atoms with Crippen LogP contribution in [-0.4, -0.2) is 62.1 Å². The Morgan fingerprint density at radius 2 is 1.88 bits per heavy atom.